The summed E-state index contributed by atoms with van der Waals surface area (Å²) in [4.78, 5) is 8.57. The van der Waals surface area contributed by atoms with Gasteiger partial charge in [-0.2, -0.15) is 0 Å². The van der Waals surface area contributed by atoms with E-state index in [-0.39, 0.29) is 24.0 Å². The highest BCUT2D eigenvalue weighted by Crippen LogP contribution is 2.16. The minimum Gasteiger partial charge on any atom is -0.357 e. The van der Waals surface area contributed by atoms with Gasteiger partial charge in [0, 0.05) is 18.0 Å². The summed E-state index contributed by atoms with van der Waals surface area (Å²) in [5, 5.41) is 8.88. The lowest BCUT2D eigenvalue weighted by Gasteiger charge is -2.30. The molecule has 1 saturated heterocycles. The van der Waals surface area contributed by atoms with Crippen molar-refractivity contribution >= 4 is 41.3 Å². The summed E-state index contributed by atoms with van der Waals surface area (Å²) in [7, 11) is 0. The van der Waals surface area contributed by atoms with E-state index >= 15 is 0 Å². The Bertz CT molecular complexity index is 442. The molecule has 0 atom stereocenters. The molecule has 1 aliphatic heterocycles. The summed E-state index contributed by atoms with van der Waals surface area (Å²) < 4.78 is 0. The number of likely N-dealkylation sites (tertiary alicyclic amines) is 1. The molecule has 2 rings (SSSR count). The molecular formula is C18H33IN4S. The number of unbranched alkanes of at least 4 members (excludes halogenated alkanes) is 1. The SMILES string of the molecule is CCNC(=NCc1cccs1)NCCCCN1CCC(C)CC1.I. The summed E-state index contributed by atoms with van der Waals surface area (Å²) in [5.74, 6) is 1.86. The van der Waals surface area contributed by atoms with Crippen molar-refractivity contribution in [2.24, 2.45) is 10.9 Å². The molecule has 1 fully saturated rings. The number of guanidine groups is 1. The van der Waals surface area contributed by atoms with Crippen molar-refractivity contribution in [3.8, 4) is 0 Å². The third-order valence-electron chi connectivity index (χ3n) is 4.39. The maximum atomic E-state index is 4.65. The van der Waals surface area contributed by atoms with E-state index in [0.29, 0.717) is 0 Å². The summed E-state index contributed by atoms with van der Waals surface area (Å²) in [5.41, 5.74) is 0. The number of hydrogen-bond donors (Lipinski definition) is 2. The fraction of sp³-hybridized carbons (Fsp3) is 0.722. The van der Waals surface area contributed by atoms with E-state index in [2.05, 4.69) is 51.9 Å². The Balaban J connectivity index is 0.00000288. The van der Waals surface area contributed by atoms with Crippen molar-refractivity contribution in [3.05, 3.63) is 22.4 Å². The Morgan fingerprint density at radius 2 is 2.08 bits per heavy atom. The number of aliphatic imine (C=N–C) groups is 1. The predicted octanol–water partition coefficient (Wildman–Crippen LogP) is 3.93. The maximum Gasteiger partial charge on any atom is 0.191 e. The highest BCUT2D eigenvalue weighted by molar-refractivity contribution is 14.0. The third-order valence-corrected chi connectivity index (χ3v) is 5.25. The van der Waals surface area contributed by atoms with Gasteiger partial charge in [-0.25, -0.2) is 4.99 Å². The van der Waals surface area contributed by atoms with Crippen LogP contribution in [0.1, 0.15) is 44.4 Å². The topological polar surface area (TPSA) is 39.7 Å². The molecule has 0 radical (unpaired) electrons. The zero-order valence-corrected chi connectivity index (χ0v) is 18.2. The van der Waals surface area contributed by atoms with Crippen LogP contribution in [0.4, 0.5) is 0 Å². The van der Waals surface area contributed by atoms with Crippen molar-refractivity contribution in [1.82, 2.24) is 15.5 Å². The number of hydrogen-bond acceptors (Lipinski definition) is 3. The van der Waals surface area contributed by atoms with E-state index in [1.54, 1.807) is 11.3 Å². The van der Waals surface area contributed by atoms with Crippen LogP contribution in [0.5, 0.6) is 0 Å². The van der Waals surface area contributed by atoms with E-state index < -0.39 is 0 Å². The molecule has 4 nitrogen and oxygen atoms in total. The van der Waals surface area contributed by atoms with Crippen LogP contribution in [0, 0.1) is 5.92 Å². The molecule has 1 aromatic rings. The lowest BCUT2D eigenvalue weighted by Crippen LogP contribution is -2.38. The van der Waals surface area contributed by atoms with Crippen molar-refractivity contribution in [1.29, 1.82) is 0 Å². The maximum absolute atomic E-state index is 4.65. The zero-order chi connectivity index (χ0) is 16.3. The Labute approximate surface area is 168 Å². The number of rotatable bonds is 8. The second kappa shape index (κ2) is 12.9. The van der Waals surface area contributed by atoms with Gasteiger partial charge in [0.1, 0.15) is 0 Å². The predicted molar refractivity (Wildman–Crippen MR) is 117 cm³/mol. The lowest BCUT2D eigenvalue weighted by molar-refractivity contribution is 0.189. The smallest absolute Gasteiger partial charge is 0.191 e. The molecule has 1 aromatic heterocycles. The highest BCUT2D eigenvalue weighted by atomic mass is 127. The van der Waals surface area contributed by atoms with Gasteiger partial charge in [0.15, 0.2) is 5.96 Å². The first-order valence-corrected chi connectivity index (χ1v) is 9.92. The molecule has 0 unspecified atom stereocenters. The van der Waals surface area contributed by atoms with Crippen LogP contribution in [0.2, 0.25) is 0 Å². The van der Waals surface area contributed by atoms with Gasteiger partial charge in [0.05, 0.1) is 6.54 Å². The van der Waals surface area contributed by atoms with Crippen LogP contribution in [-0.4, -0.2) is 43.6 Å². The minimum atomic E-state index is 0. The van der Waals surface area contributed by atoms with Crippen LogP contribution >= 0.6 is 35.3 Å². The second-order valence-corrected chi connectivity index (χ2v) is 7.46. The number of piperidine rings is 1. The third kappa shape index (κ3) is 8.67. The molecule has 0 spiro atoms. The monoisotopic (exact) mass is 464 g/mol. The van der Waals surface area contributed by atoms with Gasteiger partial charge >= 0.3 is 0 Å². The Hall–Kier alpha value is -0.340. The second-order valence-electron chi connectivity index (χ2n) is 6.43. The van der Waals surface area contributed by atoms with Gasteiger partial charge < -0.3 is 15.5 Å². The lowest BCUT2D eigenvalue weighted by atomic mass is 9.99. The highest BCUT2D eigenvalue weighted by Gasteiger charge is 2.14. The summed E-state index contributed by atoms with van der Waals surface area (Å²) in [6.07, 6.45) is 5.22. The zero-order valence-electron chi connectivity index (χ0n) is 15.1. The van der Waals surface area contributed by atoms with Crippen molar-refractivity contribution < 1.29 is 0 Å². The van der Waals surface area contributed by atoms with E-state index in [1.807, 2.05) is 0 Å². The van der Waals surface area contributed by atoms with E-state index in [0.717, 1.165) is 31.5 Å². The van der Waals surface area contributed by atoms with Gasteiger partial charge in [0.25, 0.3) is 0 Å². The average molecular weight is 464 g/mol. The molecule has 2 heterocycles. The number of thiophene rings is 1. The van der Waals surface area contributed by atoms with Crippen LogP contribution in [0.3, 0.4) is 0 Å². The fourth-order valence-corrected chi connectivity index (χ4v) is 3.48. The summed E-state index contributed by atoms with van der Waals surface area (Å²) in [6, 6.07) is 4.22. The van der Waals surface area contributed by atoms with E-state index in [1.165, 1.54) is 50.2 Å². The summed E-state index contributed by atoms with van der Waals surface area (Å²) in [6.45, 7) is 11.0. The first-order valence-electron chi connectivity index (χ1n) is 9.05. The fourth-order valence-electron chi connectivity index (χ4n) is 2.85. The van der Waals surface area contributed by atoms with Gasteiger partial charge in [-0.1, -0.05) is 13.0 Å². The Morgan fingerprint density at radius 3 is 2.75 bits per heavy atom. The standard InChI is InChI=1S/C18H32N4S.HI/c1-3-19-18(21-15-17-7-6-14-23-17)20-10-4-5-11-22-12-8-16(2)9-13-22;/h6-7,14,16H,3-5,8-13,15H2,1-2H3,(H2,19,20,21);1H. The molecule has 2 N–H and O–H groups in total. The van der Waals surface area contributed by atoms with Crippen molar-refractivity contribution in [2.45, 2.75) is 46.1 Å². The average Bonchev–Trinajstić information content (AvgIpc) is 3.07. The molecule has 1 aliphatic rings. The quantitative estimate of drug-likeness (QED) is 0.265. The first-order chi connectivity index (χ1) is 11.3. The van der Waals surface area contributed by atoms with Gasteiger partial charge in [-0.3, -0.25) is 0 Å². The largest absolute Gasteiger partial charge is 0.357 e. The molecule has 138 valence electrons. The molecule has 0 amide bonds. The van der Waals surface area contributed by atoms with Crippen LogP contribution in [0.15, 0.2) is 22.5 Å². The minimum absolute atomic E-state index is 0. The van der Waals surface area contributed by atoms with Crippen molar-refractivity contribution in [3.63, 3.8) is 0 Å². The molecule has 6 heteroatoms. The van der Waals surface area contributed by atoms with Crippen LogP contribution in [0.25, 0.3) is 0 Å². The van der Waals surface area contributed by atoms with Gasteiger partial charge in [-0.05, 0) is 69.6 Å². The molecule has 0 aliphatic carbocycles. The number of nitrogens with one attached hydrogen (secondary N) is 2. The molecular weight excluding hydrogens is 431 g/mol. The summed E-state index contributed by atoms with van der Waals surface area (Å²) >= 11 is 1.76. The number of halogens is 1. The normalized spacial score (nSPS) is 16.7. The molecule has 0 saturated carbocycles. The molecule has 0 bridgehead atoms. The molecule has 0 aromatic carbocycles. The Kier molecular flexibility index (Phi) is 11.7. The van der Waals surface area contributed by atoms with Crippen LogP contribution < -0.4 is 10.6 Å². The van der Waals surface area contributed by atoms with E-state index in [4.69, 9.17) is 0 Å². The van der Waals surface area contributed by atoms with Crippen LogP contribution in [-0.2, 0) is 6.54 Å². The molecule has 24 heavy (non-hydrogen) atoms. The van der Waals surface area contributed by atoms with E-state index in [9.17, 15) is 0 Å². The van der Waals surface area contributed by atoms with Crippen molar-refractivity contribution in [2.75, 3.05) is 32.7 Å². The van der Waals surface area contributed by atoms with Gasteiger partial charge in [-0.15, -0.1) is 35.3 Å². The first kappa shape index (κ1) is 21.7. The number of nitrogens with zero attached hydrogens (tertiary/aromatic N) is 2. The van der Waals surface area contributed by atoms with Gasteiger partial charge in [0.2, 0.25) is 0 Å². The Morgan fingerprint density at radius 1 is 1.29 bits per heavy atom.